The van der Waals surface area contributed by atoms with Crippen LogP contribution in [0.15, 0.2) is 59.1 Å². The van der Waals surface area contributed by atoms with Gasteiger partial charge < -0.3 is 0 Å². The molecular weight excluding hydrogens is 288 g/mol. The Morgan fingerprint density at radius 3 is 2.28 bits per heavy atom. The van der Waals surface area contributed by atoms with Gasteiger partial charge in [-0.2, -0.15) is 0 Å². The minimum absolute atomic E-state index is 0.0806. The number of ketones is 1. The molecule has 2 aromatic carbocycles. The Hall–Kier alpha value is -1.41. The fourth-order valence-corrected chi connectivity index (χ4v) is 2.64. The van der Waals surface area contributed by atoms with E-state index in [1.807, 2.05) is 42.5 Å². The van der Waals surface area contributed by atoms with E-state index < -0.39 is 0 Å². The quantitative estimate of drug-likeness (QED) is 0.820. The van der Waals surface area contributed by atoms with Crippen molar-refractivity contribution >= 4 is 21.7 Å². The number of carbonyl (C=O) groups excluding carboxylic acids is 1. The zero-order chi connectivity index (χ0) is 13.0. The van der Waals surface area contributed by atoms with Crippen LogP contribution in [-0.2, 0) is 11.2 Å². The average Bonchev–Trinajstić information content (AvgIpc) is 2.38. The van der Waals surface area contributed by atoms with E-state index in [-0.39, 0.29) is 11.7 Å². The van der Waals surface area contributed by atoms with Gasteiger partial charge in [0.05, 0.1) is 0 Å². The third-order valence-electron chi connectivity index (χ3n) is 3.05. The summed E-state index contributed by atoms with van der Waals surface area (Å²) in [6, 6.07) is 18.1. The lowest BCUT2D eigenvalue weighted by atomic mass is 9.89. The summed E-state index contributed by atoms with van der Waals surface area (Å²) in [4.78, 5) is 11.9. The Labute approximate surface area is 116 Å². The molecule has 2 rings (SSSR count). The number of hydrogen-bond acceptors (Lipinski definition) is 1. The van der Waals surface area contributed by atoms with E-state index in [4.69, 9.17) is 0 Å². The fraction of sp³-hybridized carbons (Fsp3) is 0.188. The summed E-state index contributed by atoms with van der Waals surface area (Å²) < 4.78 is 1.00. The van der Waals surface area contributed by atoms with E-state index >= 15 is 0 Å². The van der Waals surface area contributed by atoms with Crippen molar-refractivity contribution in [2.24, 2.45) is 0 Å². The van der Waals surface area contributed by atoms with Crippen molar-refractivity contribution in [1.29, 1.82) is 0 Å². The summed E-state index contributed by atoms with van der Waals surface area (Å²) in [6.07, 6.45) is 0.749. The third kappa shape index (κ3) is 3.08. The minimum atomic E-state index is -0.0806. The predicted molar refractivity (Wildman–Crippen MR) is 77.7 cm³/mol. The van der Waals surface area contributed by atoms with E-state index in [2.05, 4.69) is 28.1 Å². The van der Waals surface area contributed by atoms with E-state index in [9.17, 15) is 4.79 Å². The summed E-state index contributed by atoms with van der Waals surface area (Å²) in [6.45, 7) is 1.66. The number of rotatable bonds is 4. The van der Waals surface area contributed by atoms with E-state index in [0.29, 0.717) is 0 Å². The van der Waals surface area contributed by atoms with E-state index in [1.54, 1.807) is 6.92 Å². The molecule has 0 aliphatic rings. The van der Waals surface area contributed by atoms with Gasteiger partial charge >= 0.3 is 0 Å². The number of hydrogen-bond donors (Lipinski definition) is 0. The van der Waals surface area contributed by atoms with Crippen LogP contribution in [0.2, 0.25) is 0 Å². The second-order valence-electron chi connectivity index (χ2n) is 4.37. The van der Waals surface area contributed by atoms with Crippen molar-refractivity contribution in [3.05, 3.63) is 70.2 Å². The molecular formula is C16H15BrO. The molecule has 0 N–H and O–H groups in total. The van der Waals surface area contributed by atoms with Crippen LogP contribution >= 0.6 is 15.9 Å². The molecule has 0 heterocycles. The maximum Gasteiger partial charge on any atom is 0.137 e. The van der Waals surface area contributed by atoms with Gasteiger partial charge in [0.25, 0.3) is 0 Å². The molecule has 2 aromatic rings. The Morgan fingerprint density at radius 2 is 1.67 bits per heavy atom. The molecule has 2 heteroatoms. The van der Waals surface area contributed by atoms with Gasteiger partial charge in [-0.05, 0) is 30.5 Å². The first-order chi connectivity index (χ1) is 8.68. The molecule has 0 amide bonds. The molecule has 0 saturated carbocycles. The van der Waals surface area contributed by atoms with Crippen molar-refractivity contribution in [3.8, 4) is 0 Å². The van der Waals surface area contributed by atoms with Crippen LogP contribution in [0, 0.1) is 0 Å². The standard InChI is InChI=1S/C16H15BrO/c1-12(18)15(11-13-7-3-2-4-8-13)14-9-5-6-10-16(14)17/h2-10,15H,11H2,1H3. The normalized spacial score (nSPS) is 12.1. The first kappa shape index (κ1) is 13.0. The molecule has 1 atom stereocenters. The number of carbonyl (C=O) groups is 1. The molecule has 0 fully saturated rings. The maximum atomic E-state index is 11.9. The molecule has 0 radical (unpaired) electrons. The van der Waals surface area contributed by atoms with Crippen LogP contribution in [-0.4, -0.2) is 5.78 Å². The lowest BCUT2D eigenvalue weighted by molar-refractivity contribution is -0.118. The van der Waals surface area contributed by atoms with Gasteiger partial charge in [-0.25, -0.2) is 0 Å². The van der Waals surface area contributed by atoms with Crippen LogP contribution < -0.4 is 0 Å². The molecule has 0 aliphatic heterocycles. The number of halogens is 1. The molecule has 0 saturated heterocycles. The first-order valence-corrected chi connectivity index (χ1v) is 6.76. The molecule has 0 bridgehead atoms. The molecule has 18 heavy (non-hydrogen) atoms. The number of Topliss-reactive ketones (excluding diaryl/α,β-unsaturated/α-hetero) is 1. The molecule has 0 aliphatic carbocycles. The van der Waals surface area contributed by atoms with Crippen LogP contribution in [0.1, 0.15) is 24.0 Å². The van der Waals surface area contributed by atoms with E-state index in [1.165, 1.54) is 5.56 Å². The average molecular weight is 303 g/mol. The van der Waals surface area contributed by atoms with Crippen molar-refractivity contribution in [2.45, 2.75) is 19.3 Å². The Balaban J connectivity index is 2.30. The van der Waals surface area contributed by atoms with Crippen molar-refractivity contribution in [2.75, 3.05) is 0 Å². The second-order valence-corrected chi connectivity index (χ2v) is 5.23. The largest absolute Gasteiger partial charge is 0.299 e. The van der Waals surface area contributed by atoms with Crippen LogP contribution in [0.4, 0.5) is 0 Å². The Morgan fingerprint density at radius 1 is 1.06 bits per heavy atom. The highest BCUT2D eigenvalue weighted by Crippen LogP contribution is 2.28. The topological polar surface area (TPSA) is 17.1 Å². The number of benzene rings is 2. The molecule has 92 valence electrons. The van der Waals surface area contributed by atoms with Crippen LogP contribution in [0.25, 0.3) is 0 Å². The van der Waals surface area contributed by atoms with Gasteiger partial charge in [0, 0.05) is 10.4 Å². The Kier molecular flexibility index (Phi) is 4.32. The predicted octanol–water partition coefficient (Wildman–Crippen LogP) is 4.36. The molecule has 1 unspecified atom stereocenters. The third-order valence-corrected chi connectivity index (χ3v) is 3.78. The summed E-state index contributed by atoms with van der Waals surface area (Å²) in [5.41, 5.74) is 2.25. The lowest BCUT2D eigenvalue weighted by Gasteiger charge is -2.16. The van der Waals surface area contributed by atoms with Gasteiger partial charge in [-0.3, -0.25) is 4.79 Å². The maximum absolute atomic E-state index is 11.9. The fourth-order valence-electron chi connectivity index (χ4n) is 2.08. The van der Waals surface area contributed by atoms with Crippen molar-refractivity contribution in [3.63, 3.8) is 0 Å². The SMILES string of the molecule is CC(=O)C(Cc1ccccc1)c1ccccc1Br. The lowest BCUT2D eigenvalue weighted by Crippen LogP contribution is -2.12. The summed E-state index contributed by atoms with van der Waals surface area (Å²) in [5.74, 6) is 0.119. The molecule has 0 aromatic heterocycles. The van der Waals surface area contributed by atoms with Gasteiger partial charge in [-0.15, -0.1) is 0 Å². The van der Waals surface area contributed by atoms with Crippen molar-refractivity contribution in [1.82, 2.24) is 0 Å². The summed E-state index contributed by atoms with van der Waals surface area (Å²) >= 11 is 3.53. The summed E-state index contributed by atoms with van der Waals surface area (Å²) in [5, 5.41) is 0. The smallest absolute Gasteiger partial charge is 0.137 e. The molecule has 1 nitrogen and oxygen atoms in total. The van der Waals surface area contributed by atoms with Gasteiger partial charge in [0.15, 0.2) is 0 Å². The van der Waals surface area contributed by atoms with Gasteiger partial charge in [0.2, 0.25) is 0 Å². The van der Waals surface area contributed by atoms with E-state index in [0.717, 1.165) is 16.5 Å². The first-order valence-electron chi connectivity index (χ1n) is 5.97. The highest BCUT2D eigenvalue weighted by atomic mass is 79.9. The minimum Gasteiger partial charge on any atom is -0.299 e. The highest BCUT2D eigenvalue weighted by Gasteiger charge is 2.19. The van der Waals surface area contributed by atoms with Gasteiger partial charge in [0.1, 0.15) is 5.78 Å². The van der Waals surface area contributed by atoms with Crippen molar-refractivity contribution < 1.29 is 4.79 Å². The van der Waals surface area contributed by atoms with Crippen LogP contribution in [0.5, 0.6) is 0 Å². The second kappa shape index (κ2) is 5.96. The van der Waals surface area contributed by atoms with Gasteiger partial charge in [-0.1, -0.05) is 64.5 Å². The summed E-state index contributed by atoms with van der Waals surface area (Å²) in [7, 11) is 0. The molecule has 0 spiro atoms. The zero-order valence-corrected chi connectivity index (χ0v) is 11.9. The zero-order valence-electron chi connectivity index (χ0n) is 10.3. The highest BCUT2D eigenvalue weighted by molar-refractivity contribution is 9.10. The van der Waals surface area contributed by atoms with Crippen LogP contribution in [0.3, 0.4) is 0 Å². The Bertz CT molecular complexity index is 534. The monoisotopic (exact) mass is 302 g/mol.